The van der Waals surface area contributed by atoms with Crippen molar-refractivity contribution in [3.63, 3.8) is 0 Å². The van der Waals surface area contributed by atoms with E-state index < -0.39 is 12.4 Å². The van der Waals surface area contributed by atoms with Gasteiger partial charge in [-0.05, 0) is 18.2 Å². The van der Waals surface area contributed by atoms with Gasteiger partial charge in [-0.1, -0.05) is 15.9 Å². The molecule has 1 fully saturated rings. The Labute approximate surface area is 129 Å². The molecule has 1 aliphatic heterocycles. The largest absolute Gasteiger partial charge is 0.573 e. The highest BCUT2D eigenvalue weighted by atomic mass is 79.9. The molecule has 0 aromatic heterocycles. The molecule has 1 saturated heterocycles. The molecule has 2 N–H and O–H groups in total. The van der Waals surface area contributed by atoms with Crippen LogP contribution < -0.4 is 10.1 Å². The van der Waals surface area contributed by atoms with Gasteiger partial charge in [-0.2, -0.15) is 0 Å². The Hall–Kier alpha value is -0.830. The molecule has 118 valence electrons. The average molecular weight is 369 g/mol. The van der Waals surface area contributed by atoms with E-state index >= 15 is 0 Å². The van der Waals surface area contributed by atoms with Gasteiger partial charge in [0.15, 0.2) is 0 Å². The normalized spacial score (nSPS) is 18.5. The first kappa shape index (κ1) is 16.5. The number of aliphatic hydroxyl groups excluding tert-OH is 1. The second kappa shape index (κ2) is 6.95. The summed E-state index contributed by atoms with van der Waals surface area (Å²) in [4.78, 5) is 1.95. The topological polar surface area (TPSA) is 44.7 Å². The lowest BCUT2D eigenvalue weighted by Gasteiger charge is -2.34. The van der Waals surface area contributed by atoms with Crippen LogP contribution in [0.1, 0.15) is 11.6 Å². The van der Waals surface area contributed by atoms with Crippen molar-refractivity contribution >= 4 is 15.9 Å². The summed E-state index contributed by atoms with van der Waals surface area (Å²) in [5.41, 5.74) is 0.325. The molecule has 8 heteroatoms. The monoisotopic (exact) mass is 368 g/mol. The standard InChI is InChI=1S/C13H16BrF3N2O2/c14-9-1-2-12(21-13(15,16)17)10(7-9)11(8-20)19-5-3-18-4-6-19/h1-2,7,11,18,20H,3-6,8H2/t11-/m1/s1. The minimum Gasteiger partial charge on any atom is -0.405 e. The third kappa shape index (κ3) is 4.57. The first-order chi connectivity index (χ1) is 9.90. The van der Waals surface area contributed by atoms with Crippen molar-refractivity contribution < 1.29 is 23.0 Å². The molecule has 0 aliphatic carbocycles. The van der Waals surface area contributed by atoms with Crippen molar-refractivity contribution in [1.82, 2.24) is 10.2 Å². The van der Waals surface area contributed by atoms with Gasteiger partial charge in [-0.15, -0.1) is 13.2 Å². The predicted octanol–water partition coefficient (Wildman–Crippen LogP) is 2.29. The quantitative estimate of drug-likeness (QED) is 0.855. The van der Waals surface area contributed by atoms with E-state index in [0.717, 1.165) is 13.1 Å². The number of nitrogens with one attached hydrogen (secondary N) is 1. The Balaban J connectivity index is 2.31. The zero-order valence-electron chi connectivity index (χ0n) is 11.2. The van der Waals surface area contributed by atoms with E-state index in [1.54, 1.807) is 6.07 Å². The highest BCUT2D eigenvalue weighted by Gasteiger charge is 2.34. The number of ether oxygens (including phenoxy) is 1. The minimum absolute atomic E-state index is 0.273. The van der Waals surface area contributed by atoms with Crippen LogP contribution in [0.4, 0.5) is 13.2 Å². The summed E-state index contributed by atoms with van der Waals surface area (Å²) < 4.78 is 42.3. The lowest BCUT2D eigenvalue weighted by molar-refractivity contribution is -0.275. The molecule has 2 rings (SSSR count). The molecule has 1 aromatic carbocycles. The van der Waals surface area contributed by atoms with Crippen molar-refractivity contribution in [1.29, 1.82) is 0 Å². The molecule has 1 aliphatic rings. The van der Waals surface area contributed by atoms with Crippen LogP contribution >= 0.6 is 15.9 Å². The molecule has 0 spiro atoms. The molecule has 1 heterocycles. The van der Waals surface area contributed by atoms with Gasteiger partial charge in [0, 0.05) is 36.2 Å². The maximum Gasteiger partial charge on any atom is 0.573 e. The number of rotatable bonds is 4. The van der Waals surface area contributed by atoms with Crippen LogP contribution in [-0.4, -0.2) is 49.2 Å². The van der Waals surface area contributed by atoms with Crippen molar-refractivity contribution in [2.45, 2.75) is 12.4 Å². The van der Waals surface area contributed by atoms with Gasteiger partial charge in [-0.25, -0.2) is 0 Å². The maximum absolute atomic E-state index is 12.5. The van der Waals surface area contributed by atoms with Crippen molar-refractivity contribution in [3.05, 3.63) is 28.2 Å². The SMILES string of the molecule is OC[C@H](c1cc(Br)ccc1OC(F)(F)F)N1CCNCC1. The van der Waals surface area contributed by atoms with Crippen molar-refractivity contribution in [3.8, 4) is 5.75 Å². The molecular weight excluding hydrogens is 353 g/mol. The fraction of sp³-hybridized carbons (Fsp3) is 0.538. The summed E-state index contributed by atoms with van der Waals surface area (Å²) >= 11 is 3.25. The lowest BCUT2D eigenvalue weighted by atomic mass is 10.0. The molecule has 21 heavy (non-hydrogen) atoms. The Kier molecular flexibility index (Phi) is 5.48. The molecule has 0 bridgehead atoms. The van der Waals surface area contributed by atoms with Crippen LogP contribution in [-0.2, 0) is 0 Å². The van der Waals surface area contributed by atoms with Crippen LogP contribution in [0.25, 0.3) is 0 Å². The third-order valence-corrected chi connectivity index (χ3v) is 3.82. The first-order valence-corrected chi connectivity index (χ1v) is 7.31. The fourth-order valence-corrected chi connectivity index (χ4v) is 2.78. The predicted molar refractivity (Wildman–Crippen MR) is 75.1 cm³/mol. The Morgan fingerprint density at radius 2 is 2.00 bits per heavy atom. The summed E-state index contributed by atoms with van der Waals surface area (Å²) in [5, 5.41) is 12.8. The van der Waals surface area contributed by atoms with E-state index in [2.05, 4.69) is 26.0 Å². The maximum atomic E-state index is 12.5. The number of hydrogen-bond acceptors (Lipinski definition) is 4. The zero-order chi connectivity index (χ0) is 15.5. The molecule has 0 radical (unpaired) electrons. The molecule has 0 amide bonds. The van der Waals surface area contributed by atoms with Gasteiger partial charge in [0.2, 0.25) is 0 Å². The summed E-state index contributed by atoms with van der Waals surface area (Å²) in [7, 11) is 0. The second-order valence-electron chi connectivity index (χ2n) is 4.71. The number of hydrogen-bond donors (Lipinski definition) is 2. The number of halogens is 4. The Bertz CT molecular complexity index is 479. The van der Waals surface area contributed by atoms with E-state index in [9.17, 15) is 18.3 Å². The van der Waals surface area contributed by atoms with Crippen LogP contribution in [0.15, 0.2) is 22.7 Å². The number of piperazine rings is 1. The molecule has 0 saturated carbocycles. The average Bonchev–Trinajstić information content (AvgIpc) is 2.42. The highest BCUT2D eigenvalue weighted by Crippen LogP contribution is 2.35. The summed E-state index contributed by atoms with van der Waals surface area (Å²) in [6, 6.07) is 3.78. The van der Waals surface area contributed by atoms with Gasteiger partial charge in [0.1, 0.15) is 5.75 Å². The van der Waals surface area contributed by atoms with Gasteiger partial charge >= 0.3 is 6.36 Å². The van der Waals surface area contributed by atoms with E-state index in [0.29, 0.717) is 23.1 Å². The summed E-state index contributed by atoms with van der Waals surface area (Å²) in [5.74, 6) is -0.275. The number of aliphatic hydroxyl groups is 1. The highest BCUT2D eigenvalue weighted by molar-refractivity contribution is 9.10. The van der Waals surface area contributed by atoms with E-state index in [1.165, 1.54) is 12.1 Å². The van der Waals surface area contributed by atoms with Crippen LogP contribution in [0.5, 0.6) is 5.75 Å². The van der Waals surface area contributed by atoms with Crippen LogP contribution in [0, 0.1) is 0 Å². The lowest BCUT2D eigenvalue weighted by Crippen LogP contribution is -2.46. The van der Waals surface area contributed by atoms with Gasteiger partial charge in [0.25, 0.3) is 0 Å². The summed E-state index contributed by atoms with van der Waals surface area (Å²) in [6.07, 6.45) is -4.76. The second-order valence-corrected chi connectivity index (χ2v) is 5.63. The molecule has 0 unspecified atom stereocenters. The molecule has 1 atom stereocenters. The van der Waals surface area contributed by atoms with Crippen LogP contribution in [0.3, 0.4) is 0 Å². The Morgan fingerprint density at radius 3 is 2.57 bits per heavy atom. The fourth-order valence-electron chi connectivity index (χ4n) is 2.40. The zero-order valence-corrected chi connectivity index (χ0v) is 12.7. The smallest absolute Gasteiger partial charge is 0.405 e. The van der Waals surface area contributed by atoms with Crippen molar-refractivity contribution in [2.24, 2.45) is 0 Å². The van der Waals surface area contributed by atoms with Crippen LogP contribution in [0.2, 0.25) is 0 Å². The van der Waals surface area contributed by atoms with Gasteiger partial charge < -0.3 is 15.2 Å². The minimum atomic E-state index is -4.76. The third-order valence-electron chi connectivity index (χ3n) is 3.32. The van der Waals surface area contributed by atoms with E-state index in [4.69, 9.17) is 0 Å². The molecule has 4 nitrogen and oxygen atoms in total. The molecule has 1 aromatic rings. The number of benzene rings is 1. The molecular formula is C13H16BrF3N2O2. The first-order valence-electron chi connectivity index (χ1n) is 6.51. The van der Waals surface area contributed by atoms with Gasteiger partial charge in [0.05, 0.1) is 12.6 Å². The number of alkyl halides is 3. The summed E-state index contributed by atoms with van der Waals surface area (Å²) in [6.45, 7) is 2.51. The van der Waals surface area contributed by atoms with Gasteiger partial charge in [-0.3, -0.25) is 4.90 Å². The van der Waals surface area contributed by atoms with E-state index in [-0.39, 0.29) is 12.4 Å². The van der Waals surface area contributed by atoms with Crippen molar-refractivity contribution in [2.75, 3.05) is 32.8 Å². The Morgan fingerprint density at radius 1 is 1.33 bits per heavy atom. The number of nitrogens with zero attached hydrogens (tertiary/aromatic N) is 1. The van der Waals surface area contributed by atoms with E-state index in [1.807, 2.05) is 4.90 Å².